The van der Waals surface area contributed by atoms with E-state index >= 15 is 0 Å². The van der Waals surface area contributed by atoms with Gasteiger partial charge in [-0.3, -0.25) is 4.79 Å². The second-order valence-corrected chi connectivity index (χ2v) is 9.64. The van der Waals surface area contributed by atoms with Crippen LogP contribution < -0.4 is 15.0 Å². The fourth-order valence-corrected chi connectivity index (χ4v) is 4.45. The van der Waals surface area contributed by atoms with E-state index in [0.717, 1.165) is 4.90 Å². The minimum absolute atomic E-state index is 0.000962. The van der Waals surface area contributed by atoms with Gasteiger partial charge in [-0.25, -0.2) is 8.42 Å². The monoisotopic (exact) mass is 384 g/mol. The van der Waals surface area contributed by atoms with Crippen LogP contribution in [0.1, 0.15) is 27.7 Å². The molecule has 1 saturated heterocycles. The number of hydrogen-bond donors (Lipinski definition) is 2. The van der Waals surface area contributed by atoms with Crippen molar-refractivity contribution in [2.75, 3.05) is 33.3 Å². The molecular formula is C18H30N3O4S+. The summed E-state index contributed by atoms with van der Waals surface area (Å²) < 4.78 is 32.1. The van der Waals surface area contributed by atoms with Crippen LogP contribution in [0.2, 0.25) is 0 Å². The maximum Gasteiger partial charge on any atom is 0.278 e. The van der Waals surface area contributed by atoms with E-state index in [1.807, 2.05) is 27.7 Å². The number of rotatable bonds is 5. The van der Waals surface area contributed by atoms with Gasteiger partial charge in [0, 0.05) is 5.54 Å². The second kappa shape index (κ2) is 7.94. The van der Waals surface area contributed by atoms with Crippen LogP contribution in [0, 0.1) is 0 Å². The summed E-state index contributed by atoms with van der Waals surface area (Å²) in [6.45, 7) is 9.75. The third kappa shape index (κ3) is 4.96. The van der Waals surface area contributed by atoms with Crippen molar-refractivity contribution in [1.82, 2.24) is 9.62 Å². The van der Waals surface area contributed by atoms with E-state index in [0.29, 0.717) is 31.9 Å². The molecule has 1 aliphatic heterocycles. The Hall–Kier alpha value is -1.64. The predicted octanol–water partition coefficient (Wildman–Crippen LogP) is -0.112. The molecule has 0 spiro atoms. The molecule has 1 atom stereocenters. The minimum Gasteiger partial charge on any atom is -0.497 e. The largest absolute Gasteiger partial charge is 0.497 e. The summed E-state index contributed by atoms with van der Waals surface area (Å²) in [5, 5.41) is 2.99. The zero-order valence-electron chi connectivity index (χ0n) is 16.2. The van der Waals surface area contributed by atoms with E-state index < -0.39 is 10.0 Å². The molecule has 1 aromatic rings. The normalized spacial score (nSPS) is 18.3. The Morgan fingerprint density at radius 3 is 2.19 bits per heavy atom. The lowest BCUT2D eigenvalue weighted by Crippen LogP contribution is -3.19. The highest BCUT2D eigenvalue weighted by Crippen LogP contribution is 2.19. The summed E-state index contributed by atoms with van der Waals surface area (Å²) >= 11 is 0. The van der Waals surface area contributed by atoms with Gasteiger partial charge in [-0.05, 0) is 52.0 Å². The molecule has 2 N–H and O–H groups in total. The van der Waals surface area contributed by atoms with Gasteiger partial charge in [0.25, 0.3) is 5.91 Å². The summed E-state index contributed by atoms with van der Waals surface area (Å²) in [5.74, 6) is 0.621. The third-order valence-corrected chi connectivity index (χ3v) is 6.48. The maximum atomic E-state index is 12.8. The van der Waals surface area contributed by atoms with Gasteiger partial charge in [0.1, 0.15) is 5.75 Å². The molecule has 26 heavy (non-hydrogen) atoms. The molecule has 0 bridgehead atoms. The Balaban J connectivity index is 1.99. The summed E-state index contributed by atoms with van der Waals surface area (Å²) in [6.07, 6.45) is 0. The number of ether oxygens (including phenoxy) is 1. The van der Waals surface area contributed by atoms with Gasteiger partial charge < -0.3 is 15.0 Å². The molecule has 1 amide bonds. The molecule has 0 saturated carbocycles. The molecule has 0 unspecified atom stereocenters. The number of sulfonamides is 1. The SMILES string of the molecule is COc1ccc(S(=O)(=O)N2CC[NH+]([C@H](C)C(=O)NC(C)(C)C)CC2)cc1. The molecule has 2 rings (SSSR count). The summed E-state index contributed by atoms with van der Waals surface area (Å²) in [4.78, 5) is 13.7. The predicted molar refractivity (Wildman–Crippen MR) is 99.8 cm³/mol. The van der Waals surface area contributed by atoms with Gasteiger partial charge >= 0.3 is 0 Å². The number of nitrogens with zero attached hydrogens (tertiary/aromatic N) is 1. The third-order valence-electron chi connectivity index (χ3n) is 4.57. The summed E-state index contributed by atoms with van der Waals surface area (Å²) in [7, 11) is -1.98. The molecule has 8 heteroatoms. The van der Waals surface area contributed by atoms with Crippen LogP contribution in [0.5, 0.6) is 5.75 Å². The number of quaternary nitrogens is 1. The molecular weight excluding hydrogens is 354 g/mol. The number of carbonyl (C=O) groups excluding carboxylic acids is 1. The Bertz CT molecular complexity index is 718. The Labute approximate surface area is 156 Å². The van der Waals surface area contributed by atoms with Crippen molar-refractivity contribution in [3.8, 4) is 5.75 Å². The van der Waals surface area contributed by atoms with Crippen LogP contribution in [0.3, 0.4) is 0 Å². The van der Waals surface area contributed by atoms with Crippen molar-refractivity contribution in [2.24, 2.45) is 0 Å². The smallest absolute Gasteiger partial charge is 0.278 e. The molecule has 0 aliphatic carbocycles. The van der Waals surface area contributed by atoms with Crippen molar-refractivity contribution in [3.63, 3.8) is 0 Å². The van der Waals surface area contributed by atoms with E-state index in [2.05, 4.69) is 5.32 Å². The Morgan fingerprint density at radius 1 is 1.19 bits per heavy atom. The molecule has 1 fully saturated rings. The lowest BCUT2D eigenvalue weighted by atomic mass is 10.1. The molecule has 146 valence electrons. The molecule has 0 radical (unpaired) electrons. The van der Waals surface area contributed by atoms with Crippen molar-refractivity contribution in [1.29, 1.82) is 0 Å². The van der Waals surface area contributed by atoms with Gasteiger partial charge in [0.2, 0.25) is 10.0 Å². The van der Waals surface area contributed by atoms with Crippen molar-refractivity contribution in [3.05, 3.63) is 24.3 Å². The van der Waals surface area contributed by atoms with E-state index in [-0.39, 0.29) is 22.4 Å². The zero-order valence-corrected chi connectivity index (χ0v) is 17.0. The average Bonchev–Trinajstić information content (AvgIpc) is 2.59. The van der Waals surface area contributed by atoms with Gasteiger partial charge in [-0.1, -0.05) is 0 Å². The topological polar surface area (TPSA) is 80.2 Å². The number of carbonyl (C=O) groups is 1. The highest BCUT2D eigenvalue weighted by atomic mass is 32.2. The van der Waals surface area contributed by atoms with Crippen LogP contribution in [-0.4, -0.2) is 63.5 Å². The number of piperazine rings is 1. The number of methoxy groups -OCH3 is 1. The highest BCUT2D eigenvalue weighted by molar-refractivity contribution is 7.89. The lowest BCUT2D eigenvalue weighted by molar-refractivity contribution is -0.917. The van der Waals surface area contributed by atoms with Crippen molar-refractivity contribution < 1.29 is 22.8 Å². The van der Waals surface area contributed by atoms with Crippen LogP contribution >= 0.6 is 0 Å². The van der Waals surface area contributed by atoms with E-state index in [4.69, 9.17) is 4.74 Å². The molecule has 1 heterocycles. The summed E-state index contributed by atoms with van der Waals surface area (Å²) in [5.41, 5.74) is -0.274. The highest BCUT2D eigenvalue weighted by Gasteiger charge is 2.35. The Kier molecular flexibility index (Phi) is 6.31. The Morgan fingerprint density at radius 2 is 1.73 bits per heavy atom. The molecule has 1 aliphatic rings. The number of nitrogens with one attached hydrogen (secondary N) is 2. The van der Waals surface area contributed by atoms with Crippen LogP contribution in [0.4, 0.5) is 0 Å². The number of hydrogen-bond acceptors (Lipinski definition) is 4. The fraction of sp³-hybridized carbons (Fsp3) is 0.611. The van der Waals surface area contributed by atoms with Crippen molar-refractivity contribution >= 4 is 15.9 Å². The van der Waals surface area contributed by atoms with Gasteiger partial charge in [0.15, 0.2) is 6.04 Å². The molecule has 1 aromatic carbocycles. The van der Waals surface area contributed by atoms with Crippen molar-refractivity contribution in [2.45, 2.75) is 44.2 Å². The van der Waals surface area contributed by atoms with Gasteiger partial charge in [-0.15, -0.1) is 0 Å². The number of benzene rings is 1. The van der Waals surface area contributed by atoms with E-state index in [9.17, 15) is 13.2 Å². The molecule has 0 aromatic heterocycles. The van der Waals surface area contributed by atoms with Gasteiger partial charge in [0.05, 0.1) is 38.2 Å². The zero-order chi connectivity index (χ0) is 19.5. The van der Waals surface area contributed by atoms with Crippen LogP contribution in [0.15, 0.2) is 29.2 Å². The summed E-state index contributed by atoms with van der Waals surface area (Å²) in [6, 6.07) is 6.21. The van der Waals surface area contributed by atoms with Gasteiger partial charge in [-0.2, -0.15) is 4.31 Å². The van der Waals surface area contributed by atoms with E-state index in [1.165, 1.54) is 4.31 Å². The van der Waals surface area contributed by atoms with E-state index in [1.54, 1.807) is 31.4 Å². The van der Waals surface area contributed by atoms with Crippen LogP contribution in [-0.2, 0) is 14.8 Å². The lowest BCUT2D eigenvalue weighted by Gasteiger charge is -2.35. The second-order valence-electron chi connectivity index (χ2n) is 7.70. The first-order valence-electron chi connectivity index (χ1n) is 8.85. The number of amides is 1. The standard InChI is InChI=1S/C18H29N3O4S/c1-14(17(22)19-18(2,3)4)20-10-12-21(13-11-20)26(23,24)16-8-6-15(25-5)7-9-16/h6-9,14H,10-13H2,1-5H3,(H,19,22)/p+1/t14-/m1/s1. The fourth-order valence-electron chi connectivity index (χ4n) is 3.01. The average molecular weight is 385 g/mol. The minimum atomic E-state index is -3.52. The quantitative estimate of drug-likeness (QED) is 0.742. The first kappa shape index (κ1) is 20.7. The molecule has 7 nitrogen and oxygen atoms in total. The first-order chi connectivity index (χ1) is 12.0. The first-order valence-corrected chi connectivity index (χ1v) is 10.3. The van der Waals surface area contributed by atoms with Crippen LogP contribution in [0.25, 0.3) is 0 Å². The maximum absolute atomic E-state index is 12.8.